The molecule has 16 heavy (non-hydrogen) atoms. The van der Waals surface area contributed by atoms with Crippen molar-refractivity contribution in [1.29, 1.82) is 0 Å². The Kier molecular flexibility index (Phi) is 4.58. The topological polar surface area (TPSA) is 30.8 Å². The first kappa shape index (κ1) is 13.3. The van der Waals surface area contributed by atoms with E-state index in [0.717, 1.165) is 6.42 Å². The molecule has 0 aliphatic carbocycles. The molecule has 94 valence electrons. The van der Waals surface area contributed by atoms with Crippen LogP contribution in [-0.4, -0.2) is 32.2 Å². The van der Waals surface area contributed by atoms with E-state index in [1.165, 1.54) is 0 Å². The second kappa shape index (κ2) is 5.52. The summed E-state index contributed by atoms with van der Waals surface area (Å²) < 4.78 is 40.3. The van der Waals surface area contributed by atoms with E-state index < -0.39 is 12.6 Å². The molecular weight excluding hydrogens is 223 g/mol. The summed E-state index contributed by atoms with van der Waals surface area (Å²) in [5, 5.41) is 3.68. The van der Waals surface area contributed by atoms with Gasteiger partial charge < -0.3 is 9.57 Å². The van der Waals surface area contributed by atoms with Gasteiger partial charge in [-0.05, 0) is 12.8 Å². The molecule has 0 aromatic heterocycles. The first-order valence-electron chi connectivity index (χ1n) is 5.28. The SMILES string of the molecule is CCC1(/C=N/OCCCC(F)(F)F)COC1. The van der Waals surface area contributed by atoms with Crippen LogP contribution in [0.5, 0.6) is 0 Å². The van der Waals surface area contributed by atoms with Crippen molar-refractivity contribution in [3.63, 3.8) is 0 Å². The van der Waals surface area contributed by atoms with E-state index in [1.54, 1.807) is 6.21 Å². The normalized spacial score (nSPS) is 19.8. The first-order valence-corrected chi connectivity index (χ1v) is 5.28. The van der Waals surface area contributed by atoms with Crippen LogP contribution in [0.15, 0.2) is 5.16 Å². The zero-order chi connectivity index (χ0) is 12.1. The van der Waals surface area contributed by atoms with E-state index in [4.69, 9.17) is 9.57 Å². The Hall–Kier alpha value is -0.780. The summed E-state index contributed by atoms with van der Waals surface area (Å²) in [4.78, 5) is 4.78. The lowest BCUT2D eigenvalue weighted by molar-refractivity contribution is -0.137. The third-order valence-electron chi connectivity index (χ3n) is 2.58. The van der Waals surface area contributed by atoms with Crippen LogP contribution in [0.25, 0.3) is 0 Å². The fourth-order valence-electron chi connectivity index (χ4n) is 1.27. The third kappa shape index (κ3) is 4.38. The largest absolute Gasteiger partial charge is 0.396 e. The quantitative estimate of drug-likeness (QED) is 0.405. The van der Waals surface area contributed by atoms with E-state index in [9.17, 15) is 13.2 Å². The van der Waals surface area contributed by atoms with Crippen molar-refractivity contribution < 1.29 is 22.7 Å². The Balaban J connectivity index is 2.09. The van der Waals surface area contributed by atoms with Crippen molar-refractivity contribution in [2.45, 2.75) is 32.4 Å². The van der Waals surface area contributed by atoms with E-state index in [-0.39, 0.29) is 18.4 Å². The van der Waals surface area contributed by atoms with Crippen LogP contribution in [0.4, 0.5) is 13.2 Å². The molecule has 1 fully saturated rings. The predicted molar refractivity (Wildman–Crippen MR) is 53.3 cm³/mol. The number of rotatable bonds is 6. The minimum absolute atomic E-state index is 0.00331. The average Bonchev–Trinajstić information content (AvgIpc) is 2.13. The van der Waals surface area contributed by atoms with E-state index in [1.807, 2.05) is 6.92 Å². The summed E-state index contributed by atoms with van der Waals surface area (Å²) in [6.45, 7) is 3.23. The van der Waals surface area contributed by atoms with Gasteiger partial charge in [-0.2, -0.15) is 13.2 Å². The molecule has 0 bridgehead atoms. The van der Waals surface area contributed by atoms with Gasteiger partial charge in [0.1, 0.15) is 6.61 Å². The van der Waals surface area contributed by atoms with Gasteiger partial charge in [0.2, 0.25) is 0 Å². The summed E-state index contributed by atoms with van der Waals surface area (Å²) in [6.07, 6.45) is -2.47. The fourth-order valence-corrected chi connectivity index (χ4v) is 1.27. The molecule has 1 rings (SSSR count). The minimum atomic E-state index is -4.11. The lowest BCUT2D eigenvalue weighted by Gasteiger charge is -2.36. The van der Waals surface area contributed by atoms with Crippen molar-refractivity contribution >= 4 is 6.21 Å². The molecule has 0 radical (unpaired) electrons. The number of halogens is 3. The zero-order valence-corrected chi connectivity index (χ0v) is 9.22. The smallest absolute Gasteiger partial charge is 0.389 e. The zero-order valence-electron chi connectivity index (χ0n) is 9.22. The molecule has 0 N–H and O–H groups in total. The molecule has 0 amide bonds. The van der Waals surface area contributed by atoms with Crippen LogP contribution in [0.2, 0.25) is 0 Å². The number of alkyl halides is 3. The number of hydrogen-bond donors (Lipinski definition) is 0. The van der Waals surface area contributed by atoms with Gasteiger partial charge in [-0.15, -0.1) is 0 Å². The average molecular weight is 239 g/mol. The van der Waals surface area contributed by atoms with Crippen LogP contribution in [0.1, 0.15) is 26.2 Å². The minimum Gasteiger partial charge on any atom is -0.396 e. The molecule has 1 aliphatic rings. The van der Waals surface area contributed by atoms with Gasteiger partial charge >= 0.3 is 6.18 Å². The summed E-state index contributed by atoms with van der Waals surface area (Å²) in [5.74, 6) is 0. The first-order chi connectivity index (χ1) is 7.47. The van der Waals surface area contributed by atoms with Gasteiger partial charge in [0.15, 0.2) is 0 Å². The second-order valence-electron chi connectivity index (χ2n) is 4.00. The Labute approximate surface area is 92.6 Å². The van der Waals surface area contributed by atoms with Crippen molar-refractivity contribution in [2.24, 2.45) is 10.6 Å². The molecule has 1 aliphatic heterocycles. The highest BCUT2D eigenvalue weighted by Gasteiger charge is 2.35. The van der Waals surface area contributed by atoms with E-state index >= 15 is 0 Å². The van der Waals surface area contributed by atoms with Crippen molar-refractivity contribution in [3.8, 4) is 0 Å². The number of ether oxygens (including phenoxy) is 1. The Morgan fingerprint density at radius 3 is 2.56 bits per heavy atom. The molecule has 0 spiro atoms. The summed E-state index contributed by atoms with van der Waals surface area (Å²) in [5.41, 5.74) is -0.0654. The van der Waals surface area contributed by atoms with Crippen molar-refractivity contribution in [2.75, 3.05) is 19.8 Å². The maximum atomic E-state index is 11.8. The third-order valence-corrected chi connectivity index (χ3v) is 2.58. The van der Waals surface area contributed by atoms with E-state index in [0.29, 0.717) is 13.2 Å². The Bertz CT molecular complexity index is 231. The van der Waals surface area contributed by atoms with E-state index in [2.05, 4.69) is 5.16 Å². The standard InChI is InChI=1S/C10H16F3NO2/c1-2-9(7-15-8-9)6-14-16-5-3-4-10(11,12)13/h6H,2-5,7-8H2,1H3/b14-6+. The molecule has 0 saturated carbocycles. The highest BCUT2D eigenvalue weighted by molar-refractivity contribution is 5.66. The number of hydrogen-bond acceptors (Lipinski definition) is 3. The summed E-state index contributed by atoms with van der Waals surface area (Å²) in [7, 11) is 0. The van der Waals surface area contributed by atoms with Gasteiger partial charge in [-0.1, -0.05) is 12.1 Å². The maximum absolute atomic E-state index is 11.8. The Morgan fingerprint density at radius 2 is 2.12 bits per heavy atom. The van der Waals surface area contributed by atoms with Crippen LogP contribution in [-0.2, 0) is 9.57 Å². The predicted octanol–water partition coefficient (Wildman–Crippen LogP) is 2.76. The molecule has 0 unspecified atom stereocenters. The van der Waals surface area contributed by atoms with Crippen LogP contribution < -0.4 is 0 Å². The molecule has 1 saturated heterocycles. The molecule has 6 heteroatoms. The molecule has 3 nitrogen and oxygen atoms in total. The Morgan fingerprint density at radius 1 is 1.44 bits per heavy atom. The van der Waals surface area contributed by atoms with Gasteiger partial charge in [0, 0.05) is 6.42 Å². The van der Waals surface area contributed by atoms with Crippen LogP contribution in [0, 0.1) is 5.41 Å². The van der Waals surface area contributed by atoms with Gasteiger partial charge in [-0.25, -0.2) is 0 Å². The molecule has 0 aromatic rings. The summed E-state index contributed by atoms with van der Waals surface area (Å²) in [6, 6.07) is 0. The molecular formula is C10H16F3NO2. The molecule has 1 heterocycles. The second-order valence-corrected chi connectivity index (χ2v) is 4.00. The number of nitrogens with zero attached hydrogens (tertiary/aromatic N) is 1. The monoisotopic (exact) mass is 239 g/mol. The van der Waals surface area contributed by atoms with Crippen LogP contribution >= 0.6 is 0 Å². The summed E-state index contributed by atoms with van der Waals surface area (Å²) >= 11 is 0. The van der Waals surface area contributed by atoms with Gasteiger partial charge in [-0.3, -0.25) is 0 Å². The van der Waals surface area contributed by atoms with Crippen LogP contribution in [0.3, 0.4) is 0 Å². The van der Waals surface area contributed by atoms with Gasteiger partial charge in [0.05, 0.1) is 24.8 Å². The highest BCUT2D eigenvalue weighted by Crippen LogP contribution is 2.28. The number of oxime groups is 1. The van der Waals surface area contributed by atoms with Crippen molar-refractivity contribution in [1.82, 2.24) is 0 Å². The maximum Gasteiger partial charge on any atom is 0.389 e. The molecule has 0 atom stereocenters. The highest BCUT2D eigenvalue weighted by atomic mass is 19.4. The molecule has 0 aromatic carbocycles. The van der Waals surface area contributed by atoms with Gasteiger partial charge in [0.25, 0.3) is 0 Å². The lowest BCUT2D eigenvalue weighted by atomic mass is 9.85. The fraction of sp³-hybridized carbons (Fsp3) is 0.900. The van der Waals surface area contributed by atoms with Crippen molar-refractivity contribution in [3.05, 3.63) is 0 Å². The lowest BCUT2D eigenvalue weighted by Crippen LogP contribution is -2.43.